The lowest BCUT2D eigenvalue weighted by atomic mass is 10.1. The van der Waals surface area contributed by atoms with Crippen LogP contribution in [-0.4, -0.2) is 34.6 Å². The largest absolute Gasteiger partial charge is 0.442 e. The highest BCUT2D eigenvalue weighted by Crippen LogP contribution is 2.29. The molecule has 1 aliphatic heterocycles. The van der Waals surface area contributed by atoms with Gasteiger partial charge < -0.3 is 18.6 Å². The fourth-order valence-electron chi connectivity index (χ4n) is 3.33. The number of benzene rings is 1. The van der Waals surface area contributed by atoms with E-state index in [1.54, 1.807) is 18.1 Å². The van der Waals surface area contributed by atoms with Gasteiger partial charge in [0.2, 0.25) is 11.7 Å². The van der Waals surface area contributed by atoms with E-state index in [1.807, 2.05) is 44.2 Å². The van der Waals surface area contributed by atoms with Gasteiger partial charge in [0.15, 0.2) is 6.10 Å². The maximum Gasteiger partial charge on any atom is 0.292 e. The van der Waals surface area contributed by atoms with E-state index in [2.05, 4.69) is 10.1 Å². The molecule has 0 saturated heterocycles. The molecular weight excluding hydrogens is 358 g/mol. The third-order valence-electron chi connectivity index (χ3n) is 4.92. The SMILES string of the molecule is COC(c1ccccc1)c1nc2c(o1)CCN(C(=O)c1cc(C(C)C)no1)C2. The first kappa shape index (κ1) is 18.4. The van der Waals surface area contributed by atoms with Gasteiger partial charge in [-0.3, -0.25) is 4.79 Å². The number of amides is 1. The first-order valence-electron chi connectivity index (χ1n) is 9.39. The summed E-state index contributed by atoms with van der Waals surface area (Å²) in [4.78, 5) is 19.1. The van der Waals surface area contributed by atoms with Crippen molar-refractivity contribution in [2.24, 2.45) is 0 Å². The van der Waals surface area contributed by atoms with Crippen LogP contribution in [0.15, 0.2) is 45.3 Å². The molecule has 1 unspecified atom stereocenters. The van der Waals surface area contributed by atoms with Gasteiger partial charge in [-0.05, 0) is 11.5 Å². The molecule has 1 amide bonds. The summed E-state index contributed by atoms with van der Waals surface area (Å²) in [6.07, 6.45) is 0.226. The number of methoxy groups -OCH3 is 1. The number of ether oxygens (including phenoxy) is 1. The van der Waals surface area contributed by atoms with Gasteiger partial charge >= 0.3 is 0 Å². The van der Waals surface area contributed by atoms with E-state index in [-0.39, 0.29) is 23.7 Å². The van der Waals surface area contributed by atoms with Gasteiger partial charge in [0, 0.05) is 26.1 Å². The number of carbonyl (C=O) groups excluding carboxylic acids is 1. The van der Waals surface area contributed by atoms with Gasteiger partial charge in [-0.1, -0.05) is 49.3 Å². The summed E-state index contributed by atoms with van der Waals surface area (Å²) in [5, 5.41) is 3.97. The van der Waals surface area contributed by atoms with Crippen molar-refractivity contribution in [3.63, 3.8) is 0 Å². The summed E-state index contributed by atoms with van der Waals surface area (Å²) < 4.78 is 16.8. The van der Waals surface area contributed by atoms with E-state index in [0.717, 1.165) is 22.7 Å². The van der Waals surface area contributed by atoms with Gasteiger partial charge in [0.05, 0.1) is 12.2 Å². The molecule has 0 N–H and O–H groups in total. The molecule has 28 heavy (non-hydrogen) atoms. The molecule has 0 radical (unpaired) electrons. The third-order valence-corrected chi connectivity index (χ3v) is 4.92. The molecule has 2 aromatic heterocycles. The van der Waals surface area contributed by atoms with Crippen molar-refractivity contribution in [1.29, 1.82) is 0 Å². The molecule has 4 rings (SSSR count). The quantitative estimate of drug-likeness (QED) is 0.670. The van der Waals surface area contributed by atoms with Crippen LogP contribution in [0.5, 0.6) is 0 Å². The smallest absolute Gasteiger partial charge is 0.292 e. The van der Waals surface area contributed by atoms with Crippen molar-refractivity contribution in [2.75, 3.05) is 13.7 Å². The normalized spacial score (nSPS) is 14.9. The molecule has 0 spiro atoms. The monoisotopic (exact) mass is 381 g/mol. The Bertz CT molecular complexity index is 961. The Kier molecular flexibility index (Phi) is 5.00. The van der Waals surface area contributed by atoms with Gasteiger partial charge in [0.1, 0.15) is 11.5 Å². The van der Waals surface area contributed by atoms with Crippen molar-refractivity contribution in [1.82, 2.24) is 15.0 Å². The first-order chi connectivity index (χ1) is 13.6. The van der Waals surface area contributed by atoms with Crippen LogP contribution >= 0.6 is 0 Å². The number of carbonyl (C=O) groups is 1. The number of hydrogen-bond donors (Lipinski definition) is 0. The van der Waals surface area contributed by atoms with Gasteiger partial charge in [-0.2, -0.15) is 0 Å². The van der Waals surface area contributed by atoms with Gasteiger partial charge in [0.25, 0.3) is 5.91 Å². The molecule has 0 aliphatic carbocycles. The molecule has 0 fully saturated rings. The molecule has 1 aromatic carbocycles. The highest BCUT2D eigenvalue weighted by Gasteiger charge is 2.30. The fraction of sp³-hybridized carbons (Fsp3) is 0.381. The summed E-state index contributed by atoms with van der Waals surface area (Å²) in [6.45, 7) is 4.94. The van der Waals surface area contributed by atoms with Crippen molar-refractivity contribution in [3.05, 3.63) is 70.8 Å². The lowest BCUT2D eigenvalue weighted by Gasteiger charge is -2.23. The molecular formula is C21H23N3O4. The Balaban J connectivity index is 1.53. The van der Waals surface area contributed by atoms with Crippen LogP contribution in [0.4, 0.5) is 0 Å². The maximum absolute atomic E-state index is 12.8. The molecule has 7 nitrogen and oxygen atoms in total. The molecule has 3 aromatic rings. The van der Waals surface area contributed by atoms with E-state index in [1.165, 1.54) is 0 Å². The molecule has 146 valence electrons. The first-order valence-corrected chi connectivity index (χ1v) is 9.39. The predicted molar refractivity (Wildman–Crippen MR) is 101 cm³/mol. The number of rotatable bonds is 5. The van der Waals surface area contributed by atoms with E-state index < -0.39 is 0 Å². The zero-order chi connectivity index (χ0) is 19.7. The topological polar surface area (TPSA) is 81.6 Å². The third kappa shape index (κ3) is 3.45. The van der Waals surface area contributed by atoms with Crippen LogP contribution < -0.4 is 0 Å². The average molecular weight is 381 g/mol. The summed E-state index contributed by atoms with van der Waals surface area (Å²) in [6, 6.07) is 11.5. The second kappa shape index (κ2) is 7.59. The number of fused-ring (bicyclic) bond motifs is 1. The Morgan fingerprint density at radius 2 is 2.04 bits per heavy atom. The van der Waals surface area contributed by atoms with Crippen molar-refractivity contribution in [3.8, 4) is 0 Å². The summed E-state index contributed by atoms with van der Waals surface area (Å²) >= 11 is 0. The second-order valence-corrected chi connectivity index (χ2v) is 7.20. The predicted octanol–water partition coefficient (Wildman–Crippen LogP) is 3.72. The Morgan fingerprint density at radius 1 is 1.25 bits per heavy atom. The second-order valence-electron chi connectivity index (χ2n) is 7.20. The Labute approximate surface area is 163 Å². The molecule has 7 heteroatoms. The summed E-state index contributed by atoms with van der Waals surface area (Å²) in [5.41, 5.74) is 2.51. The van der Waals surface area contributed by atoms with Gasteiger partial charge in [-0.25, -0.2) is 4.98 Å². The molecule has 3 heterocycles. The van der Waals surface area contributed by atoms with E-state index in [0.29, 0.717) is 25.4 Å². The molecule has 1 aliphatic rings. The highest BCUT2D eigenvalue weighted by atomic mass is 16.5. The van der Waals surface area contributed by atoms with Gasteiger partial charge in [-0.15, -0.1) is 0 Å². The van der Waals surface area contributed by atoms with Crippen LogP contribution in [0.1, 0.15) is 65.0 Å². The Morgan fingerprint density at radius 3 is 2.71 bits per heavy atom. The standard InChI is InChI=1S/C21H23N3O4/c1-13(2)15-11-18(28-23-15)21(25)24-10-9-17-16(12-24)22-20(27-17)19(26-3)14-7-5-4-6-8-14/h4-8,11,13,19H,9-10,12H2,1-3H3. The minimum absolute atomic E-state index is 0.180. The number of oxazole rings is 1. The highest BCUT2D eigenvalue weighted by molar-refractivity contribution is 5.91. The fourth-order valence-corrected chi connectivity index (χ4v) is 3.33. The van der Waals surface area contributed by atoms with Crippen molar-refractivity contribution in [2.45, 2.75) is 38.8 Å². The molecule has 0 bridgehead atoms. The summed E-state index contributed by atoms with van der Waals surface area (Å²) in [7, 11) is 1.63. The maximum atomic E-state index is 12.8. The average Bonchev–Trinajstić information content (AvgIpc) is 3.35. The summed E-state index contributed by atoms with van der Waals surface area (Å²) in [5.74, 6) is 1.60. The van der Waals surface area contributed by atoms with Crippen molar-refractivity contribution < 1.29 is 18.5 Å². The minimum Gasteiger partial charge on any atom is -0.442 e. The lowest BCUT2D eigenvalue weighted by Crippen LogP contribution is -2.35. The van der Waals surface area contributed by atoms with Crippen molar-refractivity contribution >= 4 is 5.91 Å². The van der Waals surface area contributed by atoms with Crippen LogP contribution in [-0.2, 0) is 17.7 Å². The van der Waals surface area contributed by atoms with Crippen LogP contribution in [0.2, 0.25) is 0 Å². The lowest BCUT2D eigenvalue weighted by molar-refractivity contribution is 0.0684. The zero-order valence-electron chi connectivity index (χ0n) is 16.2. The number of aromatic nitrogens is 2. The zero-order valence-corrected chi connectivity index (χ0v) is 16.2. The number of hydrogen-bond acceptors (Lipinski definition) is 6. The van der Waals surface area contributed by atoms with Crippen LogP contribution in [0, 0.1) is 0 Å². The van der Waals surface area contributed by atoms with E-state index >= 15 is 0 Å². The van der Waals surface area contributed by atoms with E-state index in [4.69, 9.17) is 13.7 Å². The number of nitrogens with zero attached hydrogens (tertiary/aromatic N) is 3. The molecule has 0 saturated carbocycles. The minimum atomic E-state index is -0.376. The Hall–Kier alpha value is -2.93. The van der Waals surface area contributed by atoms with Crippen LogP contribution in [0.3, 0.4) is 0 Å². The van der Waals surface area contributed by atoms with Crippen LogP contribution in [0.25, 0.3) is 0 Å². The molecule has 1 atom stereocenters. The van der Waals surface area contributed by atoms with E-state index in [9.17, 15) is 4.79 Å².